The van der Waals surface area contributed by atoms with Crippen molar-refractivity contribution in [3.8, 4) is 0 Å². The Bertz CT molecular complexity index is 650. The second-order valence-corrected chi connectivity index (χ2v) is 4.80. The highest BCUT2D eigenvalue weighted by Crippen LogP contribution is 2.25. The number of amides is 1. The van der Waals surface area contributed by atoms with Crippen LogP contribution >= 0.6 is 0 Å². The summed E-state index contributed by atoms with van der Waals surface area (Å²) < 4.78 is 13.4. The topological polar surface area (TPSA) is 67.2 Å². The molecule has 0 aromatic heterocycles. The van der Waals surface area contributed by atoms with Gasteiger partial charge in [-0.3, -0.25) is 4.79 Å². The van der Waals surface area contributed by atoms with Crippen molar-refractivity contribution in [1.29, 1.82) is 0 Å². The van der Waals surface area contributed by atoms with Crippen LogP contribution in [0.4, 0.5) is 21.5 Å². The van der Waals surface area contributed by atoms with Crippen molar-refractivity contribution in [2.45, 2.75) is 13.8 Å². The molecule has 0 saturated heterocycles. The number of carbonyl (C=O) groups excluding carboxylic acids is 1. The Morgan fingerprint density at radius 1 is 1.24 bits per heavy atom. The number of nitrogens with two attached hydrogens (primary N) is 1. The van der Waals surface area contributed by atoms with E-state index in [-0.39, 0.29) is 11.7 Å². The largest absolute Gasteiger partial charge is 0.397 e. The Balaban J connectivity index is 2.30. The number of halogens is 1. The number of anilines is 3. The van der Waals surface area contributed by atoms with Crippen LogP contribution in [0.1, 0.15) is 22.8 Å². The Labute approximate surface area is 123 Å². The summed E-state index contributed by atoms with van der Waals surface area (Å²) in [6, 6.07) is 9.59. The number of rotatable bonds is 4. The van der Waals surface area contributed by atoms with Gasteiger partial charge < -0.3 is 16.4 Å². The lowest BCUT2D eigenvalue weighted by Crippen LogP contribution is -2.22. The van der Waals surface area contributed by atoms with Gasteiger partial charge in [0, 0.05) is 17.8 Å². The van der Waals surface area contributed by atoms with E-state index in [2.05, 4.69) is 10.6 Å². The molecule has 0 bridgehead atoms. The summed E-state index contributed by atoms with van der Waals surface area (Å²) >= 11 is 0. The minimum Gasteiger partial charge on any atom is -0.397 e. The predicted octanol–water partition coefficient (Wildman–Crippen LogP) is 3.21. The van der Waals surface area contributed by atoms with E-state index in [0.717, 1.165) is 5.56 Å². The molecular weight excluding hydrogens is 269 g/mol. The minimum absolute atomic E-state index is 0.170. The fourth-order valence-electron chi connectivity index (χ4n) is 2.03. The first kappa shape index (κ1) is 14.8. The van der Waals surface area contributed by atoms with E-state index >= 15 is 0 Å². The van der Waals surface area contributed by atoms with Crippen LogP contribution in [-0.4, -0.2) is 12.5 Å². The lowest BCUT2D eigenvalue weighted by atomic mass is 10.1. The highest BCUT2D eigenvalue weighted by Gasteiger charge is 2.08. The summed E-state index contributed by atoms with van der Waals surface area (Å²) in [7, 11) is 0. The van der Waals surface area contributed by atoms with Gasteiger partial charge in [-0.2, -0.15) is 0 Å². The number of hydrogen-bond donors (Lipinski definition) is 3. The van der Waals surface area contributed by atoms with Crippen molar-refractivity contribution in [2.75, 3.05) is 17.6 Å². The number of nitrogen functional groups attached to an aromatic ring is 1. The van der Waals surface area contributed by atoms with E-state index in [9.17, 15) is 9.18 Å². The fraction of sp³-hybridized carbons (Fsp3) is 0.188. The van der Waals surface area contributed by atoms with Gasteiger partial charge in [-0.05, 0) is 55.8 Å². The maximum atomic E-state index is 13.4. The maximum absolute atomic E-state index is 13.4. The van der Waals surface area contributed by atoms with Crippen LogP contribution in [0.3, 0.4) is 0 Å². The number of hydrogen-bond acceptors (Lipinski definition) is 3. The Kier molecular flexibility index (Phi) is 4.42. The SMILES string of the molecule is CCNC(=O)c1ccc(N)c(Nc2cc(C)cc(F)c2)c1. The number of carbonyl (C=O) groups is 1. The first-order chi connectivity index (χ1) is 9.99. The summed E-state index contributed by atoms with van der Waals surface area (Å²) in [6.45, 7) is 4.21. The van der Waals surface area contributed by atoms with Gasteiger partial charge in [-0.1, -0.05) is 0 Å². The van der Waals surface area contributed by atoms with Crippen LogP contribution < -0.4 is 16.4 Å². The summed E-state index contributed by atoms with van der Waals surface area (Å²) in [5.41, 5.74) is 8.86. The first-order valence-electron chi connectivity index (χ1n) is 6.71. The van der Waals surface area contributed by atoms with Crippen molar-refractivity contribution in [1.82, 2.24) is 5.32 Å². The van der Waals surface area contributed by atoms with Gasteiger partial charge in [0.1, 0.15) is 5.82 Å². The molecule has 0 atom stereocenters. The normalized spacial score (nSPS) is 10.2. The van der Waals surface area contributed by atoms with E-state index in [1.165, 1.54) is 12.1 Å². The third-order valence-electron chi connectivity index (χ3n) is 2.97. The third kappa shape index (κ3) is 3.72. The third-order valence-corrected chi connectivity index (χ3v) is 2.97. The van der Waals surface area contributed by atoms with Crippen LogP contribution in [0.25, 0.3) is 0 Å². The van der Waals surface area contributed by atoms with Gasteiger partial charge in [0.05, 0.1) is 11.4 Å². The lowest BCUT2D eigenvalue weighted by molar-refractivity contribution is 0.0956. The van der Waals surface area contributed by atoms with Gasteiger partial charge in [0.2, 0.25) is 0 Å². The van der Waals surface area contributed by atoms with Crippen molar-refractivity contribution < 1.29 is 9.18 Å². The molecule has 0 saturated carbocycles. The van der Waals surface area contributed by atoms with E-state index < -0.39 is 0 Å². The minimum atomic E-state index is -0.323. The smallest absolute Gasteiger partial charge is 0.251 e. The zero-order chi connectivity index (χ0) is 15.4. The average Bonchev–Trinajstić information content (AvgIpc) is 2.40. The molecule has 0 aliphatic carbocycles. The van der Waals surface area contributed by atoms with Crippen molar-refractivity contribution in [3.63, 3.8) is 0 Å². The Morgan fingerprint density at radius 2 is 2.00 bits per heavy atom. The van der Waals surface area contributed by atoms with Gasteiger partial charge in [0.15, 0.2) is 0 Å². The monoisotopic (exact) mass is 287 g/mol. The van der Waals surface area contributed by atoms with Gasteiger partial charge in [-0.25, -0.2) is 4.39 Å². The Hall–Kier alpha value is -2.56. The molecule has 2 rings (SSSR count). The second kappa shape index (κ2) is 6.26. The molecule has 0 radical (unpaired) electrons. The van der Waals surface area contributed by atoms with E-state index in [1.54, 1.807) is 24.3 Å². The van der Waals surface area contributed by atoms with Crippen LogP contribution in [0.2, 0.25) is 0 Å². The molecule has 4 nitrogen and oxygen atoms in total. The molecule has 0 fully saturated rings. The second-order valence-electron chi connectivity index (χ2n) is 4.80. The lowest BCUT2D eigenvalue weighted by Gasteiger charge is -2.12. The molecule has 0 unspecified atom stereocenters. The first-order valence-corrected chi connectivity index (χ1v) is 6.71. The van der Waals surface area contributed by atoms with E-state index in [4.69, 9.17) is 5.73 Å². The molecule has 0 aliphatic heterocycles. The maximum Gasteiger partial charge on any atom is 0.251 e. The molecule has 0 aliphatic rings. The number of aryl methyl sites for hydroxylation is 1. The molecule has 0 heterocycles. The van der Waals surface area contributed by atoms with E-state index in [1.807, 2.05) is 13.8 Å². The van der Waals surface area contributed by atoms with Gasteiger partial charge in [-0.15, -0.1) is 0 Å². The fourth-order valence-corrected chi connectivity index (χ4v) is 2.03. The average molecular weight is 287 g/mol. The number of nitrogens with one attached hydrogen (secondary N) is 2. The van der Waals surface area contributed by atoms with Crippen LogP contribution in [-0.2, 0) is 0 Å². The molecule has 4 N–H and O–H groups in total. The zero-order valence-corrected chi connectivity index (χ0v) is 12.0. The molecular formula is C16H18FN3O. The highest BCUT2D eigenvalue weighted by molar-refractivity contribution is 5.96. The quantitative estimate of drug-likeness (QED) is 0.756. The van der Waals surface area contributed by atoms with Gasteiger partial charge in [0.25, 0.3) is 5.91 Å². The van der Waals surface area contributed by atoms with Gasteiger partial charge >= 0.3 is 0 Å². The van der Waals surface area contributed by atoms with E-state index in [0.29, 0.717) is 29.2 Å². The van der Waals surface area contributed by atoms with Crippen molar-refractivity contribution >= 4 is 23.0 Å². The van der Waals surface area contributed by atoms with Crippen LogP contribution in [0, 0.1) is 12.7 Å². The predicted molar refractivity (Wildman–Crippen MR) is 83.3 cm³/mol. The standard InChI is InChI=1S/C16H18FN3O/c1-3-19-16(21)11-4-5-14(18)15(8-11)20-13-7-10(2)6-12(17)9-13/h4-9,20H,3,18H2,1-2H3,(H,19,21). The zero-order valence-electron chi connectivity index (χ0n) is 12.0. The van der Waals surface area contributed by atoms with Crippen LogP contribution in [0.15, 0.2) is 36.4 Å². The summed E-state index contributed by atoms with van der Waals surface area (Å²) in [4.78, 5) is 11.8. The Morgan fingerprint density at radius 3 is 2.67 bits per heavy atom. The van der Waals surface area contributed by atoms with Crippen molar-refractivity contribution in [3.05, 3.63) is 53.3 Å². The molecule has 21 heavy (non-hydrogen) atoms. The molecule has 1 amide bonds. The summed E-state index contributed by atoms with van der Waals surface area (Å²) in [5.74, 6) is -0.494. The van der Waals surface area contributed by atoms with Crippen molar-refractivity contribution in [2.24, 2.45) is 0 Å². The molecule has 0 spiro atoms. The summed E-state index contributed by atoms with van der Waals surface area (Å²) in [6.07, 6.45) is 0. The molecule has 110 valence electrons. The highest BCUT2D eigenvalue weighted by atomic mass is 19.1. The molecule has 5 heteroatoms. The number of benzene rings is 2. The summed E-state index contributed by atoms with van der Waals surface area (Å²) in [5, 5.41) is 5.77. The molecule has 2 aromatic carbocycles. The van der Waals surface area contributed by atoms with Crippen LogP contribution in [0.5, 0.6) is 0 Å². The molecule has 2 aromatic rings.